The molecule has 0 fully saturated rings. The van der Waals surface area contributed by atoms with Crippen LogP contribution in [0.4, 0.5) is 0 Å². The Morgan fingerprint density at radius 1 is 1.50 bits per heavy atom. The van der Waals surface area contributed by atoms with Crippen molar-refractivity contribution in [3.8, 4) is 12.3 Å². The van der Waals surface area contributed by atoms with Gasteiger partial charge < -0.3 is 1.43 Å². The summed E-state index contributed by atoms with van der Waals surface area (Å²) < 4.78 is 0. The van der Waals surface area contributed by atoms with Gasteiger partial charge >= 0.3 is 29.6 Å². The van der Waals surface area contributed by atoms with E-state index in [9.17, 15) is 0 Å². The Hall–Kier alpha value is 0.560. The Labute approximate surface area is 75.8 Å². The zero-order valence-corrected chi connectivity index (χ0v) is 7.91. The van der Waals surface area contributed by atoms with Crippen LogP contribution in [0, 0.1) is 12.3 Å². The fourth-order valence-corrected chi connectivity index (χ4v) is 0.477. The van der Waals surface area contributed by atoms with Crippen molar-refractivity contribution in [2.24, 2.45) is 0 Å². The average molecular weight is 120 g/mol. The van der Waals surface area contributed by atoms with E-state index in [-0.39, 0.29) is 31.0 Å². The van der Waals surface area contributed by atoms with Gasteiger partial charge in [-0.25, -0.2) is 0 Å². The summed E-state index contributed by atoms with van der Waals surface area (Å²) in [6.45, 7) is 2.18. The molecule has 0 N–H and O–H groups in total. The molecule has 0 bridgehead atoms. The van der Waals surface area contributed by atoms with Gasteiger partial charge in [-0.2, -0.15) is 0 Å². The van der Waals surface area contributed by atoms with Gasteiger partial charge in [0.25, 0.3) is 0 Å². The maximum atomic E-state index is 5.02. The average Bonchev–Trinajstić information content (AvgIpc) is 1.69. The maximum absolute atomic E-state index is 5.02. The molecule has 0 heterocycles. The minimum Gasteiger partial charge on any atom is -1.00 e. The van der Waals surface area contributed by atoms with Crippen molar-refractivity contribution in [2.75, 3.05) is 0 Å². The molecule has 0 saturated heterocycles. The first-order valence-corrected chi connectivity index (χ1v) is 2.85. The predicted octanol–water partition coefficient (Wildman–Crippen LogP) is -0.684. The number of terminal acetylenes is 1. The molecule has 0 aliphatic carbocycles. The van der Waals surface area contributed by atoms with E-state index < -0.39 is 0 Å². The Balaban J connectivity index is -0.000000180. The van der Waals surface area contributed by atoms with Crippen molar-refractivity contribution in [3.05, 3.63) is 0 Å². The van der Waals surface area contributed by atoms with Gasteiger partial charge in [-0.15, -0.1) is 12.3 Å². The summed E-state index contributed by atoms with van der Waals surface area (Å²) in [7, 11) is 0. The van der Waals surface area contributed by atoms with Crippen LogP contribution < -0.4 is 29.6 Å². The van der Waals surface area contributed by atoms with E-state index in [0.29, 0.717) is 0 Å². The molecule has 1 heteroatoms. The van der Waals surface area contributed by atoms with Crippen molar-refractivity contribution in [1.29, 1.82) is 0 Å². The van der Waals surface area contributed by atoms with Crippen LogP contribution in [0.15, 0.2) is 0 Å². The summed E-state index contributed by atoms with van der Waals surface area (Å²) >= 11 is 0. The summed E-state index contributed by atoms with van der Waals surface area (Å²) in [5, 5.41) is 0. The summed E-state index contributed by atoms with van der Waals surface area (Å²) in [6.07, 6.45) is 9.72. The largest absolute Gasteiger partial charge is 1.00 e. The minimum atomic E-state index is 0. The Bertz CT molecular complexity index is 65.8. The molecule has 0 saturated carbocycles. The number of hydrogen-bond donors (Lipinski definition) is 0. The van der Waals surface area contributed by atoms with Crippen molar-refractivity contribution >= 4 is 0 Å². The zero-order valence-electron chi connectivity index (χ0n) is 6.91. The second-order valence-electron chi connectivity index (χ2n) is 1.66. The summed E-state index contributed by atoms with van der Waals surface area (Å²) in [6, 6.07) is 0. The summed E-state index contributed by atoms with van der Waals surface area (Å²) in [5.41, 5.74) is 0. The van der Waals surface area contributed by atoms with E-state index in [1.807, 2.05) is 0 Å². The monoisotopic (exact) mass is 120 g/mol. The first kappa shape index (κ1) is 11.4. The van der Waals surface area contributed by atoms with E-state index in [0.717, 1.165) is 6.42 Å². The molecule has 0 aromatic heterocycles. The molecule has 0 atom stereocenters. The van der Waals surface area contributed by atoms with Crippen LogP contribution in [0.2, 0.25) is 0 Å². The molecule has 0 rings (SSSR count). The van der Waals surface area contributed by atoms with Gasteiger partial charge in [0.15, 0.2) is 0 Å². The van der Waals surface area contributed by atoms with E-state index in [1.165, 1.54) is 19.3 Å². The summed E-state index contributed by atoms with van der Waals surface area (Å²) in [5.74, 6) is 2.60. The van der Waals surface area contributed by atoms with Crippen molar-refractivity contribution < 1.29 is 31.0 Å². The first-order valence-electron chi connectivity index (χ1n) is 2.85. The van der Waals surface area contributed by atoms with E-state index in [2.05, 4.69) is 12.8 Å². The van der Waals surface area contributed by atoms with Gasteiger partial charge in [-0.1, -0.05) is 19.8 Å². The van der Waals surface area contributed by atoms with Gasteiger partial charge in [0, 0.05) is 6.42 Å². The van der Waals surface area contributed by atoms with Gasteiger partial charge in [0.2, 0.25) is 0 Å². The third-order valence-electron chi connectivity index (χ3n) is 0.925. The Morgan fingerprint density at radius 2 is 2.12 bits per heavy atom. The number of unbranched alkanes of at least 4 members (excludes halogenated alkanes) is 3. The smallest absolute Gasteiger partial charge is 1.00 e. The van der Waals surface area contributed by atoms with Crippen molar-refractivity contribution in [3.63, 3.8) is 0 Å². The van der Waals surface area contributed by atoms with Crippen LogP contribution in [0.5, 0.6) is 0 Å². The molecule has 8 heavy (non-hydrogen) atoms. The molecule has 0 radical (unpaired) electrons. The van der Waals surface area contributed by atoms with Gasteiger partial charge in [0.05, 0.1) is 0 Å². The van der Waals surface area contributed by atoms with Crippen LogP contribution in [0.3, 0.4) is 0 Å². The zero-order chi connectivity index (χ0) is 5.54. The third kappa shape index (κ3) is 9.75. The van der Waals surface area contributed by atoms with Crippen molar-refractivity contribution in [1.82, 2.24) is 0 Å². The third-order valence-corrected chi connectivity index (χ3v) is 0.925. The van der Waals surface area contributed by atoms with E-state index >= 15 is 0 Å². The molecule has 0 aliphatic heterocycles. The van der Waals surface area contributed by atoms with E-state index in [1.54, 1.807) is 0 Å². The molecule has 42 valence electrons. The van der Waals surface area contributed by atoms with Crippen LogP contribution >= 0.6 is 0 Å². The fraction of sp³-hybridized carbons (Fsp3) is 0.714. The Kier molecular flexibility index (Phi) is 15.0. The molecule has 0 aromatic carbocycles. The fourth-order valence-electron chi connectivity index (χ4n) is 0.477. The number of rotatable bonds is 3. The second-order valence-corrected chi connectivity index (χ2v) is 1.66. The molecule has 0 spiro atoms. The van der Waals surface area contributed by atoms with Crippen LogP contribution in [-0.2, 0) is 0 Å². The molecule has 0 aromatic rings. The molecule has 0 aliphatic rings. The van der Waals surface area contributed by atoms with Gasteiger partial charge in [-0.3, -0.25) is 0 Å². The standard InChI is InChI=1S/C7H12.Na.H/c1-3-5-7-6-4-2;;/h1H,4-7H2,2H3;;/q;+1;-1. The van der Waals surface area contributed by atoms with E-state index in [4.69, 9.17) is 6.42 Å². The maximum Gasteiger partial charge on any atom is 1.00 e. The summed E-state index contributed by atoms with van der Waals surface area (Å²) in [4.78, 5) is 0. The number of hydrogen-bond acceptors (Lipinski definition) is 0. The predicted molar refractivity (Wildman–Crippen MR) is 34.1 cm³/mol. The quantitative estimate of drug-likeness (QED) is 0.263. The molecular formula is C7H13Na. The second kappa shape index (κ2) is 10.5. The van der Waals surface area contributed by atoms with Gasteiger partial charge in [-0.05, 0) is 6.42 Å². The minimum absolute atomic E-state index is 0. The molecule has 0 amide bonds. The molecule has 0 nitrogen and oxygen atoms in total. The van der Waals surface area contributed by atoms with Crippen LogP contribution in [0.1, 0.15) is 34.0 Å². The molecule has 0 unspecified atom stereocenters. The van der Waals surface area contributed by atoms with Crippen LogP contribution in [-0.4, -0.2) is 0 Å². The van der Waals surface area contributed by atoms with Crippen molar-refractivity contribution in [2.45, 2.75) is 32.6 Å². The SMILES string of the molecule is C#CCCCCC.[H-].[Na+]. The van der Waals surface area contributed by atoms with Crippen LogP contribution in [0.25, 0.3) is 0 Å². The Morgan fingerprint density at radius 3 is 2.50 bits per heavy atom. The van der Waals surface area contributed by atoms with Gasteiger partial charge in [0.1, 0.15) is 0 Å². The first-order chi connectivity index (χ1) is 3.41. The topological polar surface area (TPSA) is 0 Å². The normalized spacial score (nSPS) is 7.00. The molecular weight excluding hydrogens is 107 g/mol.